The summed E-state index contributed by atoms with van der Waals surface area (Å²) in [6.07, 6.45) is 0.730. The van der Waals surface area contributed by atoms with Crippen molar-refractivity contribution in [3.05, 3.63) is 77.0 Å². The van der Waals surface area contributed by atoms with E-state index in [9.17, 15) is 4.79 Å². The minimum absolute atomic E-state index is 0.0611. The van der Waals surface area contributed by atoms with Crippen molar-refractivity contribution in [2.75, 3.05) is 18.5 Å². The molecule has 0 saturated heterocycles. The number of nitrogens with zero attached hydrogens (tertiary/aromatic N) is 4. The lowest BCUT2D eigenvalue weighted by Crippen LogP contribution is -2.38. The van der Waals surface area contributed by atoms with Crippen molar-refractivity contribution in [2.24, 2.45) is 0 Å². The summed E-state index contributed by atoms with van der Waals surface area (Å²) in [6.45, 7) is 7.52. The molecule has 0 bridgehead atoms. The van der Waals surface area contributed by atoms with E-state index >= 15 is 0 Å². The number of benzene rings is 2. The van der Waals surface area contributed by atoms with Gasteiger partial charge in [0.05, 0.1) is 12.2 Å². The van der Waals surface area contributed by atoms with E-state index in [4.69, 9.17) is 9.97 Å². The number of aromatic nitrogens is 2. The van der Waals surface area contributed by atoms with Gasteiger partial charge in [0.1, 0.15) is 5.82 Å². The largest absolute Gasteiger partial charge is 0.357 e. The Morgan fingerprint density at radius 1 is 1.03 bits per heavy atom. The van der Waals surface area contributed by atoms with E-state index in [-0.39, 0.29) is 11.9 Å². The van der Waals surface area contributed by atoms with Crippen LogP contribution >= 0.6 is 0 Å². The summed E-state index contributed by atoms with van der Waals surface area (Å²) in [5.41, 5.74) is 4.98. The Bertz CT molecular complexity index is 1040. The maximum atomic E-state index is 13.1. The van der Waals surface area contributed by atoms with E-state index in [2.05, 4.69) is 25.8 Å². The van der Waals surface area contributed by atoms with Crippen LogP contribution in [0.2, 0.25) is 0 Å². The minimum atomic E-state index is 0.0611. The summed E-state index contributed by atoms with van der Waals surface area (Å²) in [5.74, 6) is 1.72. The molecule has 1 aliphatic heterocycles. The smallest absolute Gasteiger partial charge is 0.254 e. The predicted molar refractivity (Wildman–Crippen MR) is 121 cm³/mol. The van der Waals surface area contributed by atoms with Crippen LogP contribution in [0.5, 0.6) is 0 Å². The van der Waals surface area contributed by atoms with Crippen molar-refractivity contribution >= 4 is 11.7 Å². The summed E-state index contributed by atoms with van der Waals surface area (Å²) in [6, 6.07) is 18.2. The molecule has 4 rings (SSSR count). The standard InChI is InChI=1S/C25H28N4O/c1-17(2)28(4)24-21-16-29(25(30)20-12-10-18(3)11-13-20)15-14-22(21)26-23(27-24)19-8-6-5-7-9-19/h5-13,17H,14-16H2,1-4H3. The van der Waals surface area contributed by atoms with Crippen LogP contribution < -0.4 is 4.90 Å². The lowest BCUT2D eigenvalue weighted by Gasteiger charge is -2.33. The molecule has 3 aromatic rings. The second-order valence-corrected chi connectivity index (χ2v) is 8.21. The van der Waals surface area contributed by atoms with Gasteiger partial charge in [0.2, 0.25) is 0 Å². The minimum Gasteiger partial charge on any atom is -0.357 e. The molecule has 1 aliphatic rings. The fourth-order valence-electron chi connectivity index (χ4n) is 3.70. The molecule has 30 heavy (non-hydrogen) atoms. The Kier molecular flexibility index (Phi) is 5.53. The average Bonchev–Trinajstić information content (AvgIpc) is 2.78. The number of hydrogen-bond acceptors (Lipinski definition) is 4. The predicted octanol–water partition coefficient (Wildman–Crippen LogP) is 4.50. The Balaban J connectivity index is 1.72. The summed E-state index contributed by atoms with van der Waals surface area (Å²) in [5, 5.41) is 0. The second-order valence-electron chi connectivity index (χ2n) is 8.21. The molecule has 2 aromatic carbocycles. The number of hydrogen-bond donors (Lipinski definition) is 0. The molecule has 154 valence electrons. The Labute approximate surface area is 178 Å². The molecule has 0 unspecified atom stereocenters. The average molecular weight is 401 g/mol. The molecule has 5 heteroatoms. The third-order valence-corrected chi connectivity index (χ3v) is 5.76. The summed E-state index contributed by atoms with van der Waals surface area (Å²) >= 11 is 0. The SMILES string of the molecule is Cc1ccc(C(=O)N2CCc3nc(-c4ccccc4)nc(N(C)C(C)C)c3C2)cc1. The van der Waals surface area contributed by atoms with Crippen molar-refractivity contribution < 1.29 is 4.79 Å². The van der Waals surface area contributed by atoms with Crippen LogP contribution in [0.3, 0.4) is 0 Å². The zero-order valence-corrected chi connectivity index (χ0v) is 18.1. The maximum absolute atomic E-state index is 13.1. The monoisotopic (exact) mass is 400 g/mol. The van der Waals surface area contributed by atoms with E-state index < -0.39 is 0 Å². The fourth-order valence-corrected chi connectivity index (χ4v) is 3.70. The van der Waals surface area contributed by atoms with Crippen LogP contribution in [0, 0.1) is 6.92 Å². The highest BCUT2D eigenvalue weighted by Gasteiger charge is 2.28. The van der Waals surface area contributed by atoms with Crippen LogP contribution in [0.1, 0.15) is 41.0 Å². The van der Waals surface area contributed by atoms with E-state index in [1.807, 2.05) is 66.4 Å². The molecule has 2 heterocycles. The second kappa shape index (κ2) is 8.27. The van der Waals surface area contributed by atoms with Gasteiger partial charge in [-0.25, -0.2) is 9.97 Å². The molecule has 0 fully saturated rings. The van der Waals surface area contributed by atoms with Crippen LogP contribution in [0.15, 0.2) is 54.6 Å². The number of aryl methyl sites for hydroxylation is 1. The van der Waals surface area contributed by atoms with E-state index in [0.29, 0.717) is 13.1 Å². The highest BCUT2D eigenvalue weighted by atomic mass is 16.2. The molecule has 1 amide bonds. The highest BCUT2D eigenvalue weighted by Crippen LogP contribution is 2.30. The van der Waals surface area contributed by atoms with Gasteiger partial charge in [0, 0.05) is 42.7 Å². The van der Waals surface area contributed by atoms with Crippen LogP contribution in [-0.2, 0) is 13.0 Å². The zero-order valence-electron chi connectivity index (χ0n) is 18.1. The zero-order chi connectivity index (χ0) is 21.3. The Hall–Kier alpha value is -3.21. The molecule has 0 aliphatic carbocycles. The normalized spacial score (nSPS) is 13.3. The van der Waals surface area contributed by atoms with E-state index in [1.165, 1.54) is 0 Å². The summed E-state index contributed by atoms with van der Waals surface area (Å²) < 4.78 is 0. The fraction of sp³-hybridized carbons (Fsp3) is 0.320. The molecule has 0 saturated carbocycles. The van der Waals surface area contributed by atoms with E-state index in [0.717, 1.165) is 46.0 Å². The van der Waals surface area contributed by atoms with Gasteiger partial charge >= 0.3 is 0 Å². The van der Waals surface area contributed by atoms with Crippen LogP contribution in [-0.4, -0.2) is 40.4 Å². The van der Waals surface area contributed by atoms with Crippen molar-refractivity contribution in [1.82, 2.24) is 14.9 Å². The van der Waals surface area contributed by atoms with Gasteiger partial charge in [-0.3, -0.25) is 4.79 Å². The number of carbonyl (C=O) groups is 1. The van der Waals surface area contributed by atoms with Gasteiger partial charge in [-0.1, -0.05) is 48.0 Å². The number of carbonyl (C=O) groups excluding carboxylic acids is 1. The van der Waals surface area contributed by atoms with Crippen molar-refractivity contribution in [3.63, 3.8) is 0 Å². The third-order valence-electron chi connectivity index (χ3n) is 5.76. The topological polar surface area (TPSA) is 49.3 Å². The maximum Gasteiger partial charge on any atom is 0.254 e. The Morgan fingerprint density at radius 3 is 2.40 bits per heavy atom. The molecule has 0 N–H and O–H groups in total. The van der Waals surface area contributed by atoms with Crippen molar-refractivity contribution in [3.8, 4) is 11.4 Å². The first-order valence-corrected chi connectivity index (χ1v) is 10.5. The molecular weight excluding hydrogens is 372 g/mol. The van der Waals surface area contributed by atoms with Gasteiger partial charge in [-0.15, -0.1) is 0 Å². The molecule has 0 atom stereocenters. The third kappa shape index (κ3) is 3.92. The Morgan fingerprint density at radius 2 is 1.73 bits per heavy atom. The summed E-state index contributed by atoms with van der Waals surface area (Å²) in [4.78, 5) is 27.0. The number of rotatable bonds is 4. The quantitative estimate of drug-likeness (QED) is 0.647. The summed E-state index contributed by atoms with van der Waals surface area (Å²) in [7, 11) is 2.06. The lowest BCUT2D eigenvalue weighted by atomic mass is 10.0. The number of anilines is 1. The van der Waals surface area contributed by atoms with Crippen LogP contribution in [0.25, 0.3) is 11.4 Å². The molecule has 0 spiro atoms. The molecule has 5 nitrogen and oxygen atoms in total. The molecule has 0 radical (unpaired) electrons. The lowest BCUT2D eigenvalue weighted by molar-refractivity contribution is 0.0733. The number of amides is 1. The van der Waals surface area contributed by atoms with Gasteiger partial charge in [-0.05, 0) is 32.9 Å². The van der Waals surface area contributed by atoms with E-state index in [1.54, 1.807) is 0 Å². The van der Waals surface area contributed by atoms with Crippen molar-refractivity contribution in [2.45, 2.75) is 39.8 Å². The first kappa shape index (κ1) is 20.1. The molecular formula is C25H28N4O. The van der Waals surface area contributed by atoms with Gasteiger partial charge < -0.3 is 9.80 Å². The first-order valence-electron chi connectivity index (χ1n) is 10.5. The number of fused-ring (bicyclic) bond motifs is 1. The van der Waals surface area contributed by atoms with Crippen molar-refractivity contribution in [1.29, 1.82) is 0 Å². The van der Waals surface area contributed by atoms with Gasteiger partial charge in [-0.2, -0.15) is 0 Å². The van der Waals surface area contributed by atoms with Crippen LogP contribution in [0.4, 0.5) is 5.82 Å². The highest BCUT2D eigenvalue weighted by molar-refractivity contribution is 5.94. The van der Waals surface area contributed by atoms with Gasteiger partial charge in [0.25, 0.3) is 5.91 Å². The molecule has 1 aromatic heterocycles. The first-order chi connectivity index (χ1) is 14.4. The van der Waals surface area contributed by atoms with Gasteiger partial charge in [0.15, 0.2) is 5.82 Å².